The Kier molecular flexibility index (Phi) is 11.1. The molecule has 0 spiro atoms. The van der Waals surface area contributed by atoms with E-state index < -0.39 is 0 Å². The summed E-state index contributed by atoms with van der Waals surface area (Å²) in [5.74, 6) is 3.93. The van der Waals surface area contributed by atoms with Gasteiger partial charge in [0.05, 0.1) is 33.6 Å². The highest BCUT2D eigenvalue weighted by Crippen LogP contribution is 2.33. The zero-order valence-corrected chi connectivity index (χ0v) is 31.0. The number of hydrogen-bond donors (Lipinski definition) is 0. The average Bonchev–Trinajstić information content (AvgIpc) is 3.88. The van der Waals surface area contributed by atoms with Crippen LogP contribution in [0.15, 0.2) is 95.8 Å². The van der Waals surface area contributed by atoms with Crippen molar-refractivity contribution in [2.24, 2.45) is 14.1 Å². The molecule has 5 heterocycles. The molecule has 0 bridgehead atoms. The Hall–Kier alpha value is -4.85. The second kappa shape index (κ2) is 15.8. The number of thioether (sulfide) groups is 2. The van der Waals surface area contributed by atoms with Crippen molar-refractivity contribution in [3.8, 4) is 51.5 Å². The van der Waals surface area contributed by atoms with Crippen molar-refractivity contribution in [1.29, 1.82) is 0 Å². The molecule has 14 heteroatoms. The lowest BCUT2D eigenvalue weighted by Gasteiger charge is -2.10. The molecule has 0 N–H and O–H groups in total. The maximum atomic E-state index is 5.99. The van der Waals surface area contributed by atoms with Gasteiger partial charge in [0.25, 0.3) is 5.95 Å². The van der Waals surface area contributed by atoms with E-state index in [0.29, 0.717) is 5.95 Å². The average molecular weight is 722 g/mol. The maximum Gasteiger partial charge on any atom is 0.252 e. The van der Waals surface area contributed by atoms with Crippen LogP contribution >= 0.6 is 35.1 Å². The van der Waals surface area contributed by atoms with Crippen molar-refractivity contribution in [3.05, 3.63) is 102 Å². The standard InChI is InChI=1S/C19H19N7S.C17H17ClN4S/c1-4-27-16-10-22-19(26-12-20-11-23-26)24-17(16)18-21-9-15(25(18)3)14-7-5-13(2)6-8-14;1-4-23-14-10-20-17(18)21-15(14)16-19-9-13(22(16)3)12-7-5-11(2)6-8-12/h5-12H,4H2,1-3H3;5-10H,4H2,1-3H3. The maximum absolute atomic E-state index is 5.99. The summed E-state index contributed by atoms with van der Waals surface area (Å²) in [4.78, 5) is 32.8. The summed E-state index contributed by atoms with van der Waals surface area (Å²) in [7, 11) is 4.00. The summed E-state index contributed by atoms with van der Waals surface area (Å²) < 4.78 is 5.66. The highest BCUT2D eigenvalue weighted by Gasteiger charge is 2.19. The monoisotopic (exact) mass is 721 g/mol. The number of aryl methyl sites for hydroxylation is 2. The molecule has 0 amide bonds. The smallest absolute Gasteiger partial charge is 0.252 e. The first-order valence-corrected chi connectivity index (χ1v) is 18.3. The Labute approximate surface area is 304 Å². The highest BCUT2D eigenvalue weighted by atomic mass is 35.5. The van der Waals surface area contributed by atoms with Crippen LogP contribution in [0.5, 0.6) is 0 Å². The van der Waals surface area contributed by atoms with Crippen LogP contribution < -0.4 is 0 Å². The van der Waals surface area contributed by atoms with Crippen LogP contribution in [0.2, 0.25) is 5.28 Å². The molecule has 0 atom stereocenters. The Morgan fingerprint density at radius 2 is 1.14 bits per heavy atom. The first-order chi connectivity index (χ1) is 24.3. The summed E-state index contributed by atoms with van der Waals surface area (Å²) >= 11 is 9.37. The van der Waals surface area contributed by atoms with E-state index >= 15 is 0 Å². The van der Waals surface area contributed by atoms with Gasteiger partial charge >= 0.3 is 0 Å². The van der Waals surface area contributed by atoms with Crippen LogP contribution in [-0.4, -0.2) is 65.3 Å². The molecule has 0 aliphatic heterocycles. The van der Waals surface area contributed by atoms with E-state index in [2.05, 4.69) is 116 Å². The van der Waals surface area contributed by atoms with E-state index in [4.69, 9.17) is 16.6 Å². The number of rotatable bonds is 9. The quantitative estimate of drug-likeness (QED) is 0.107. The SMILES string of the molecule is CCSc1cnc(-n2cncn2)nc1-c1ncc(-c2ccc(C)cc2)n1C.CCSc1cnc(Cl)nc1-c1ncc(-c2ccc(C)cc2)n1C. The van der Waals surface area contributed by atoms with E-state index in [1.165, 1.54) is 17.5 Å². The largest absolute Gasteiger partial charge is 0.326 e. The van der Waals surface area contributed by atoms with Crippen LogP contribution in [0, 0.1) is 13.8 Å². The van der Waals surface area contributed by atoms with Crippen molar-refractivity contribution >= 4 is 35.1 Å². The number of aromatic nitrogens is 11. The summed E-state index contributed by atoms with van der Waals surface area (Å²) in [6.07, 6.45) is 10.4. The Morgan fingerprint density at radius 1 is 0.640 bits per heavy atom. The van der Waals surface area contributed by atoms with E-state index in [0.717, 1.165) is 66.8 Å². The van der Waals surface area contributed by atoms with Crippen molar-refractivity contribution in [2.45, 2.75) is 37.5 Å². The van der Waals surface area contributed by atoms with Crippen LogP contribution in [0.25, 0.3) is 51.5 Å². The number of hydrogen-bond acceptors (Lipinski definition) is 10. The van der Waals surface area contributed by atoms with Crippen LogP contribution in [0.4, 0.5) is 0 Å². The number of imidazole rings is 2. The molecule has 7 aromatic rings. The summed E-state index contributed by atoms with van der Waals surface area (Å²) in [6.45, 7) is 8.37. The highest BCUT2D eigenvalue weighted by molar-refractivity contribution is 7.99. The topological polar surface area (TPSA) is 118 Å². The molecular formula is C36H36ClN11S2. The van der Waals surface area contributed by atoms with Crippen molar-refractivity contribution in [2.75, 3.05) is 11.5 Å². The van der Waals surface area contributed by atoms with Gasteiger partial charge in [-0.1, -0.05) is 73.5 Å². The van der Waals surface area contributed by atoms with E-state index in [-0.39, 0.29) is 5.28 Å². The summed E-state index contributed by atoms with van der Waals surface area (Å²) in [5.41, 5.74) is 8.37. The predicted molar refractivity (Wildman–Crippen MR) is 202 cm³/mol. The molecular weight excluding hydrogens is 686 g/mol. The molecule has 7 rings (SSSR count). The van der Waals surface area contributed by atoms with E-state index in [9.17, 15) is 0 Å². The Morgan fingerprint density at radius 3 is 1.62 bits per heavy atom. The molecule has 254 valence electrons. The molecule has 0 radical (unpaired) electrons. The number of halogens is 1. The number of nitrogens with zero attached hydrogens (tertiary/aromatic N) is 11. The van der Waals surface area contributed by atoms with Crippen LogP contribution in [0.3, 0.4) is 0 Å². The fourth-order valence-electron chi connectivity index (χ4n) is 5.22. The number of benzene rings is 2. The van der Waals surface area contributed by atoms with Crippen molar-refractivity contribution < 1.29 is 0 Å². The lowest BCUT2D eigenvalue weighted by Crippen LogP contribution is -2.06. The second-order valence-corrected chi connectivity index (χ2v) is 14.2. The van der Waals surface area contributed by atoms with E-state index in [1.807, 2.05) is 37.3 Å². The van der Waals surface area contributed by atoms with Gasteiger partial charge in [-0.05, 0) is 48.1 Å². The van der Waals surface area contributed by atoms with Gasteiger partial charge in [0.1, 0.15) is 24.0 Å². The molecule has 5 aromatic heterocycles. The lowest BCUT2D eigenvalue weighted by molar-refractivity contribution is 0.796. The zero-order valence-electron chi connectivity index (χ0n) is 28.6. The fraction of sp³-hybridized carbons (Fsp3) is 0.222. The Bertz CT molecular complexity index is 2190. The third-order valence-corrected chi connectivity index (χ3v) is 9.77. The van der Waals surface area contributed by atoms with Gasteiger partial charge in [0, 0.05) is 26.5 Å². The zero-order chi connectivity index (χ0) is 35.2. The van der Waals surface area contributed by atoms with Crippen LogP contribution in [-0.2, 0) is 14.1 Å². The first kappa shape index (κ1) is 35.0. The van der Waals surface area contributed by atoms with Crippen LogP contribution in [0.1, 0.15) is 25.0 Å². The molecule has 0 unspecified atom stereocenters. The van der Waals surface area contributed by atoms with Crippen molar-refractivity contribution in [3.63, 3.8) is 0 Å². The third kappa shape index (κ3) is 7.64. The second-order valence-electron chi connectivity index (χ2n) is 11.2. The fourth-order valence-corrected chi connectivity index (χ4v) is 6.78. The van der Waals surface area contributed by atoms with Gasteiger partial charge in [0.15, 0.2) is 11.6 Å². The molecule has 0 saturated heterocycles. The Balaban J connectivity index is 0.000000175. The minimum atomic E-state index is 0.236. The van der Waals surface area contributed by atoms with Gasteiger partial charge < -0.3 is 9.13 Å². The van der Waals surface area contributed by atoms with Gasteiger partial charge in [-0.25, -0.2) is 34.9 Å². The van der Waals surface area contributed by atoms with Gasteiger partial charge in [0.2, 0.25) is 5.28 Å². The third-order valence-electron chi connectivity index (χ3n) is 7.79. The summed E-state index contributed by atoms with van der Waals surface area (Å²) in [6, 6.07) is 16.8. The molecule has 11 nitrogen and oxygen atoms in total. The minimum absolute atomic E-state index is 0.236. The van der Waals surface area contributed by atoms with Gasteiger partial charge in [-0.2, -0.15) is 9.78 Å². The molecule has 0 aliphatic rings. The molecule has 0 saturated carbocycles. The molecule has 50 heavy (non-hydrogen) atoms. The minimum Gasteiger partial charge on any atom is -0.326 e. The predicted octanol–water partition coefficient (Wildman–Crippen LogP) is 8.16. The molecule has 2 aromatic carbocycles. The van der Waals surface area contributed by atoms with Gasteiger partial charge in [-0.15, -0.1) is 23.5 Å². The first-order valence-electron chi connectivity index (χ1n) is 16.0. The van der Waals surface area contributed by atoms with E-state index in [1.54, 1.807) is 40.7 Å². The molecule has 0 fully saturated rings. The summed E-state index contributed by atoms with van der Waals surface area (Å²) in [5, 5.41) is 4.36. The normalized spacial score (nSPS) is 11.0. The van der Waals surface area contributed by atoms with Crippen molar-refractivity contribution in [1.82, 2.24) is 53.8 Å². The van der Waals surface area contributed by atoms with Gasteiger partial charge in [-0.3, -0.25) is 0 Å². The molecule has 0 aliphatic carbocycles. The lowest BCUT2D eigenvalue weighted by atomic mass is 10.1.